The van der Waals surface area contributed by atoms with Crippen molar-refractivity contribution in [2.24, 2.45) is 0 Å². The van der Waals surface area contributed by atoms with Crippen LogP contribution in [-0.2, 0) is 0 Å². The summed E-state index contributed by atoms with van der Waals surface area (Å²) in [6.45, 7) is 15.2. The van der Waals surface area contributed by atoms with E-state index in [1.165, 1.54) is 38.0 Å². The zero-order chi connectivity index (χ0) is 12.7. The molecule has 0 bridgehead atoms. The quantitative estimate of drug-likeness (QED) is 0.649. The minimum Gasteiger partial charge on any atom is -0.313 e. The Kier molecular flexibility index (Phi) is 6.78. The topological polar surface area (TPSA) is 18.5 Å². The number of likely N-dealkylation sites (tertiary alicyclic amines) is 1. The van der Waals surface area contributed by atoms with Gasteiger partial charge in [-0.3, -0.25) is 4.90 Å². The molecule has 1 N–H and O–H groups in total. The molecule has 3 heteroatoms. The van der Waals surface area contributed by atoms with Gasteiger partial charge in [-0.05, 0) is 45.1 Å². The Balaban J connectivity index is 2.24. The zero-order valence-electron chi connectivity index (χ0n) is 11.8. The maximum atomic E-state index is 4.13. The molecule has 1 fully saturated rings. The van der Waals surface area contributed by atoms with E-state index in [1.54, 1.807) is 0 Å². The molecule has 3 nitrogen and oxygen atoms in total. The van der Waals surface area contributed by atoms with Crippen molar-refractivity contribution in [3.8, 4) is 0 Å². The van der Waals surface area contributed by atoms with Gasteiger partial charge in [-0.2, -0.15) is 0 Å². The summed E-state index contributed by atoms with van der Waals surface area (Å²) in [5, 5.41) is 3.33. The Morgan fingerprint density at radius 2 is 2.24 bits per heavy atom. The van der Waals surface area contributed by atoms with Gasteiger partial charge >= 0.3 is 0 Å². The number of hydrogen-bond donors (Lipinski definition) is 1. The van der Waals surface area contributed by atoms with Crippen LogP contribution in [0.25, 0.3) is 0 Å². The first-order valence-corrected chi connectivity index (χ1v) is 6.97. The average molecular weight is 239 g/mol. The monoisotopic (exact) mass is 239 g/mol. The van der Waals surface area contributed by atoms with Crippen molar-refractivity contribution in [1.82, 2.24) is 15.1 Å². The van der Waals surface area contributed by atoms with Crippen LogP contribution in [0.2, 0.25) is 0 Å². The van der Waals surface area contributed by atoms with E-state index in [2.05, 4.69) is 42.6 Å². The van der Waals surface area contributed by atoms with Gasteiger partial charge in [-0.15, -0.1) is 0 Å². The molecule has 0 aromatic heterocycles. The summed E-state index contributed by atoms with van der Waals surface area (Å²) in [6.07, 6.45) is 2.72. The molecular formula is C14H29N3. The highest BCUT2D eigenvalue weighted by atomic mass is 15.2. The van der Waals surface area contributed by atoms with E-state index < -0.39 is 0 Å². The van der Waals surface area contributed by atoms with Crippen molar-refractivity contribution in [3.05, 3.63) is 12.2 Å². The van der Waals surface area contributed by atoms with Crippen molar-refractivity contribution in [2.45, 2.75) is 32.7 Å². The lowest BCUT2D eigenvalue weighted by Gasteiger charge is -2.28. The van der Waals surface area contributed by atoms with E-state index in [-0.39, 0.29) is 0 Å². The smallest absolute Gasteiger partial charge is 0.0223 e. The molecule has 17 heavy (non-hydrogen) atoms. The minimum absolute atomic E-state index is 0.761. The Labute approximate surface area is 107 Å². The first kappa shape index (κ1) is 14.7. The van der Waals surface area contributed by atoms with Gasteiger partial charge in [0, 0.05) is 25.7 Å². The first-order chi connectivity index (χ1) is 8.17. The molecule has 0 aromatic rings. The number of hydrogen-bond acceptors (Lipinski definition) is 3. The van der Waals surface area contributed by atoms with Crippen LogP contribution in [0.15, 0.2) is 12.2 Å². The summed E-state index contributed by atoms with van der Waals surface area (Å²) in [5.74, 6) is 0. The molecule has 1 rings (SSSR count). The van der Waals surface area contributed by atoms with Gasteiger partial charge in [0.15, 0.2) is 0 Å². The molecular weight excluding hydrogens is 210 g/mol. The van der Waals surface area contributed by atoms with Gasteiger partial charge in [-0.25, -0.2) is 0 Å². The number of rotatable bonds is 8. The Morgan fingerprint density at radius 1 is 1.47 bits per heavy atom. The van der Waals surface area contributed by atoms with Crippen LogP contribution in [0.5, 0.6) is 0 Å². The van der Waals surface area contributed by atoms with E-state index in [1.807, 2.05) is 0 Å². The number of nitrogens with zero attached hydrogens (tertiary/aromatic N) is 2. The summed E-state index contributed by atoms with van der Waals surface area (Å²) < 4.78 is 0. The maximum absolute atomic E-state index is 4.13. The molecule has 1 unspecified atom stereocenters. The van der Waals surface area contributed by atoms with Crippen molar-refractivity contribution < 1.29 is 0 Å². The second-order valence-electron chi connectivity index (χ2n) is 5.15. The predicted molar refractivity (Wildman–Crippen MR) is 75.4 cm³/mol. The fraction of sp³-hybridized carbons (Fsp3) is 0.857. The third kappa shape index (κ3) is 5.19. The van der Waals surface area contributed by atoms with Crippen LogP contribution in [0.4, 0.5) is 0 Å². The van der Waals surface area contributed by atoms with Crippen molar-refractivity contribution in [2.75, 3.05) is 46.3 Å². The summed E-state index contributed by atoms with van der Waals surface area (Å²) in [7, 11) is 2.21. The maximum Gasteiger partial charge on any atom is 0.0223 e. The Hall–Kier alpha value is -0.380. The van der Waals surface area contributed by atoms with Crippen LogP contribution < -0.4 is 5.32 Å². The van der Waals surface area contributed by atoms with E-state index in [4.69, 9.17) is 0 Å². The molecule has 0 aromatic carbocycles. The third-order valence-corrected chi connectivity index (χ3v) is 3.55. The van der Waals surface area contributed by atoms with Crippen LogP contribution in [0, 0.1) is 0 Å². The highest BCUT2D eigenvalue weighted by Crippen LogP contribution is 2.17. The molecule has 100 valence electrons. The molecule has 0 amide bonds. The van der Waals surface area contributed by atoms with Gasteiger partial charge in [-0.1, -0.05) is 20.4 Å². The van der Waals surface area contributed by atoms with E-state index >= 15 is 0 Å². The van der Waals surface area contributed by atoms with Crippen molar-refractivity contribution in [3.63, 3.8) is 0 Å². The Morgan fingerprint density at radius 3 is 2.88 bits per heavy atom. The average Bonchev–Trinajstić information content (AvgIpc) is 2.73. The second kappa shape index (κ2) is 7.85. The fourth-order valence-corrected chi connectivity index (χ4v) is 2.68. The van der Waals surface area contributed by atoms with Crippen LogP contribution in [0.1, 0.15) is 26.7 Å². The number of nitrogens with one attached hydrogen (secondary N) is 1. The van der Waals surface area contributed by atoms with E-state index in [0.29, 0.717) is 0 Å². The standard InChI is InChI=1S/C14H29N3/c1-5-15-10-13(3)11-16(4)12-14-8-7-9-17(14)6-2/h14-15H,3,5-12H2,1-2,4H3. The SMILES string of the molecule is C=C(CNCC)CN(C)CC1CCCN1CC. The molecule has 1 aliphatic heterocycles. The summed E-state index contributed by atoms with van der Waals surface area (Å²) in [4.78, 5) is 5.02. The van der Waals surface area contributed by atoms with Crippen molar-refractivity contribution in [1.29, 1.82) is 0 Å². The molecule has 1 heterocycles. The van der Waals surface area contributed by atoms with Gasteiger partial charge in [0.05, 0.1) is 0 Å². The molecule has 0 spiro atoms. The van der Waals surface area contributed by atoms with Gasteiger partial charge in [0.2, 0.25) is 0 Å². The zero-order valence-corrected chi connectivity index (χ0v) is 11.8. The van der Waals surface area contributed by atoms with Crippen LogP contribution in [-0.4, -0.2) is 62.2 Å². The lowest BCUT2D eigenvalue weighted by molar-refractivity contribution is 0.205. The van der Waals surface area contributed by atoms with Gasteiger partial charge in [0.25, 0.3) is 0 Å². The highest BCUT2D eigenvalue weighted by molar-refractivity contribution is 4.99. The lowest BCUT2D eigenvalue weighted by atomic mass is 10.2. The van der Waals surface area contributed by atoms with E-state index in [9.17, 15) is 0 Å². The predicted octanol–water partition coefficient (Wildman–Crippen LogP) is 1.57. The molecule has 1 atom stereocenters. The fourth-order valence-electron chi connectivity index (χ4n) is 2.68. The highest BCUT2D eigenvalue weighted by Gasteiger charge is 2.23. The second-order valence-corrected chi connectivity index (χ2v) is 5.15. The van der Waals surface area contributed by atoms with Crippen molar-refractivity contribution >= 4 is 0 Å². The molecule has 1 saturated heterocycles. The molecule has 0 saturated carbocycles. The van der Waals surface area contributed by atoms with E-state index in [0.717, 1.165) is 25.7 Å². The Bertz CT molecular complexity index is 228. The molecule has 1 aliphatic rings. The summed E-state index contributed by atoms with van der Waals surface area (Å²) >= 11 is 0. The number of likely N-dealkylation sites (N-methyl/N-ethyl adjacent to an activating group) is 3. The van der Waals surface area contributed by atoms with Gasteiger partial charge in [0.1, 0.15) is 0 Å². The lowest BCUT2D eigenvalue weighted by Crippen LogP contribution is -2.39. The normalized spacial score (nSPS) is 21.3. The largest absolute Gasteiger partial charge is 0.313 e. The first-order valence-electron chi connectivity index (χ1n) is 6.97. The third-order valence-electron chi connectivity index (χ3n) is 3.55. The summed E-state index contributed by atoms with van der Waals surface area (Å²) in [5.41, 5.74) is 1.29. The minimum atomic E-state index is 0.761. The molecule has 0 aliphatic carbocycles. The molecule has 0 radical (unpaired) electrons. The van der Waals surface area contributed by atoms with Crippen LogP contribution in [0.3, 0.4) is 0 Å². The van der Waals surface area contributed by atoms with Gasteiger partial charge < -0.3 is 10.2 Å². The summed E-state index contributed by atoms with van der Waals surface area (Å²) in [6, 6.07) is 0.761. The van der Waals surface area contributed by atoms with Crippen LogP contribution >= 0.6 is 0 Å².